The Morgan fingerprint density at radius 2 is 2.11 bits per heavy atom. The van der Waals surface area contributed by atoms with Crippen LogP contribution < -0.4 is 5.73 Å². The number of carboxylic acids is 1. The maximum Gasteiger partial charge on any atom is 0.307 e. The van der Waals surface area contributed by atoms with E-state index in [1.54, 1.807) is 24.3 Å². The Morgan fingerprint density at radius 1 is 1.42 bits per heavy atom. The van der Waals surface area contributed by atoms with Crippen molar-refractivity contribution >= 4 is 15.8 Å². The van der Waals surface area contributed by atoms with E-state index in [0.717, 1.165) is 0 Å². The molecule has 0 radical (unpaired) electrons. The van der Waals surface area contributed by atoms with Crippen molar-refractivity contribution < 1.29 is 18.3 Å². The number of hydrogen-bond acceptors (Lipinski definition) is 4. The molecule has 6 heteroatoms. The maximum atomic E-state index is 12.0. The van der Waals surface area contributed by atoms with Crippen molar-refractivity contribution in [1.82, 2.24) is 0 Å². The summed E-state index contributed by atoms with van der Waals surface area (Å²) < 4.78 is 24.1. The summed E-state index contributed by atoms with van der Waals surface area (Å²) >= 11 is 0. The lowest BCUT2D eigenvalue weighted by Crippen LogP contribution is -2.24. The van der Waals surface area contributed by atoms with Gasteiger partial charge in [0.25, 0.3) is 0 Å². The fourth-order valence-electron chi connectivity index (χ4n) is 2.65. The van der Waals surface area contributed by atoms with Crippen molar-refractivity contribution in [3.63, 3.8) is 0 Å². The van der Waals surface area contributed by atoms with Gasteiger partial charge in [0, 0.05) is 5.92 Å². The van der Waals surface area contributed by atoms with E-state index in [9.17, 15) is 18.3 Å². The van der Waals surface area contributed by atoms with E-state index in [2.05, 4.69) is 0 Å². The molecule has 0 amide bonds. The van der Waals surface area contributed by atoms with Gasteiger partial charge in [-0.3, -0.25) is 4.79 Å². The minimum atomic E-state index is -3.35. The predicted molar refractivity (Wildman–Crippen MR) is 70.7 cm³/mol. The first-order valence-corrected chi connectivity index (χ1v) is 7.87. The number of carboxylic acid groups (broad SMARTS) is 1. The van der Waals surface area contributed by atoms with E-state index in [0.29, 0.717) is 24.9 Å². The van der Waals surface area contributed by atoms with Crippen LogP contribution >= 0.6 is 0 Å². The molecule has 3 N–H and O–H groups in total. The van der Waals surface area contributed by atoms with E-state index in [-0.39, 0.29) is 10.6 Å². The molecule has 0 bridgehead atoms. The Morgan fingerprint density at radius 3 is 2.74 bits per heavy atom. The van der Waals surface area contributed by atoms with Crippen LogP contribution in [-0.2, 0) is 14.6 Å². The molecule has 1 aromatic rings. The molecule has 1 aromatic carbocycles. The number of hydrogen-bond donors (Lipinski definition) is 2. The van der Waals surface area contributed by atoms with Crippen LogP contribution in [-0.4, -0.2) is 31.8 Å². The molecular weight excluding hydrogens is 266 g/mol. The van der Waals surface area contributed by atoms with Gasteiger partial charge in [0.2, 0.25) is 0 Å². The lowest BCUT2D eigenvalue weighted by molar-refractivity contribution is -0.142. The van der Waals surface area contributed by atoms with Gasteiger partial charge in [0.05, 0.1) is 16.6 Å². The molecule has 0 aromatic heterocycles. The molecule has 0 saturated carbocycles. The molecule has 2 rings (SSSR count). The van der Waals surface area contributed by atoms with Crippen molar-refractivity contribution in [3.05, 3.63) is 29.8 Å². The van der Waals surface area contributed by atoms with Gasteiger partial charge in [-0.15, -0.1) is 0 Å². The molecule has 5 nitrogen and oxygen atoms in total. The van der Waals surface area contributed by atoms with Gasteiger partial charge < -0.3 is 10.8 Å². The van der Waals surface area contributed by atoms with Crippen LogP contribution in [0.3, 0.4) is 0 Å². The molecule has 0 saturated heterocycles. The molecule has 19 heavy (non-hydrogen) atoms. The Hall–Kier alpha value is -1.40. The van der Waals surface area contributed by atoms with Crippen molar-refractivity contribution in [3.8, 4) is 0 Å². The van der Waals surface area contributed by atoms with E-state index in [4.69, 9.17) is 5.73 Å². The normalized spacial score (nSPS) is 21.8. The number of sulfone groups is 1. The third-order valence-corrected chi connectivity index (χ3v) is 5.41. The summed E-state index contributed by atoms with van der Waals surface area (Å²) in [7, 11) is -3.35. The quantitative estimate of drug-likeness (QED) is 0.840. The molecule has 1 aliphatic rings. The minimum Gasteiger partial charge on any atom is -0.481 e. The summed E-state index contributed by atoms with van der Waals surface area (Å²) in [5.74, 6) is -2.23. The van der Waals surface area contributed by atoms with Crippen LogP contribution in [0.5, 0.6) is 0 Å². The van der Waals surface area contributed by atoms with Crippen molar-refractivity contribution in [2.45, 2.75) is 23.7 Å². The van der Waals surface area contributed by atoms with Gasteiger partial charge in [-0.05, 0) is 31.0 Å². The Labute approximate surface area is 112 Å². The van der Waals surface area contributed by atoms with Crippen LogP contribution in [0.25, 0.3) is 0 Å². The summed E-state index contributed by atoms with van der Waals surface area (Å²) in [4.78, 5) is 11.7. The molecule has 0 fully saturated rings. The van der Waals surface area contributed by atoms with E-state index >= 15 is 0 Å². The summed E-state index contributed by atoms with van der Waals surface area (Å²) in [5, 5.41) is 9.32. The Balaban J connectivity index is 2.38. The Kier molecular flexibility index (Phi) is 3.91. The van der Waals surface area contributed by atoms with Gasteiger partial charge in [-0.2, -0.15) is 0 Å². The first-order valence-electron chi connectivity index (χ1n) is 6.22. The largest absolute Gasteiger partial charge is 0.481 e. The lowest BCUT2D eigenvalue weighted by atomic mass is 9.84. The van der Waals surface area contributed by atoms with E-state index in [1.807, 2.05) is 0 Å². The standard InChI is InChI=1S/C13H17NO4S/c14-7-3-5-10(13(15)16)11-8-19(17,18)12-6-2-1-4-9(11)12/h1-2,4,6,10-11H,3,5,7-8,14H2,(H,15,16). The van der Waals surface area contributed by atoms with Crippen LogP contribution in [0.1, 0.15) is 24.3 Å². The fraction of sp³-hybridized carbons (Fsp3) is 0.462. The van der Waals surface area contributed by atoms with Crippen molar-refractivity contribution in [2.75, 3.05) is 12.3 Å². The van der Waals surface area contributed by atoms with Gasteiger partial charge in [-0.25, -0.2) is 8.42 Å². The summed E-state index contributed by atoms with van der Waals surface area (Å²) in [6.45, 7) is 0.408. The highest BCUT2D eigenvalue weighted by molar-refractivity contribution is 7.91. The molecule has 2 atom stereocenters. The highest BCUT2D eigenvalue weighted by atomic mass is 32.2. The zero-order valence-electron chi connectivity index (χ0n) is 10.5. The average Bonchev–Trinajstić information content (AvgIpc) is 2.63. The number of rotatable bonds is 5. The second-order valence-electron chi connectivity index (χ2n) is 4.80. The van der Waals surface area contributed by atoms with Crippen molar-refractivity contribution in [2.24, 2.45) is 11.7 Å². The fourth-order valence-corrected chi connectivity index (χ4v) is 4.58. The Bertz CT molecular complexity index is 582. The third-order valence-electron chi connectivity index (χ3n) is 3.57. The average molecular weight is 283 g/mol. The number of fused-ring (bicyclic) bond motifs is 1. The molecule has 104 valence electrons. The first-order chi connectivity index (χ1) is 8.97. The summed E-state index contributed by atoms with van der Waals surface area (Å²) in [6, 6.07) is 6.67. The molecule has 1 aliphatic heterocycles. The number of carbonyl (C=O) groups is 1. The smallest absolute Gasteiger partial charge is 0.307 e. The summed E-state index contributed by atoms with van der Waals surface area (Å²) in [5.41, 5.74) is 6.04. The molecule has 0 spiro atoms. The third kappa shape index (κ3) is 2.64. The van der Waals surface area contributed by atoms with Gasteiger partial charge in [0.1, 0.15) is 0 Å². The zero-order chi connectivity index (χ0) is 14.0. The zero-order valence-corrected chi connectivity index (χ0v) is 11.3. The SMILES string of the molecule is NCCCC(C(=O)O)C1CS(=O)(=O)c2ccccc21. The first kappa shape index (κ1) is 14.0. The van der Waals surface area contributed by atoms with Crippen LogP contribution in [0.2, 0.25) is 0 Å². The van der Waals surface area contributed by atoms with Crippen molar-refractivity contribution in [1.29, 1.82) is 0 Å². The lowest BCUT2D eigenvalue weighted by Gasteiger charge is -2.19. The monoisotopic (exact) mass is 283 g/mol. The van der Waals surface area contributed by atoms with Crippen LogP contribution in [0, 0.1) is 5.92 Å². The second-order valence-corrected chi connectivity index (χ2v) is 6.80. The van der Waals surface area contributed by atoms with Crippen LogP contribution in [0.15, 0.2) is 29.2 Å². The van der Waals surface area contributed by atoms with Gasteiger partial charge in [0.15, 0.2) is 9.84 Å². The van der Waals surface area contributed by atoms with Gasteiger partial charge in [-0.1, -0.05) is 18.2 Å². The number of benzene rings is 1. The molecule has 0 aliphatic carbocycles. The number of aliphatic carboxylic acids is 1. The molecule has 1 heterocycles. The minimum absolute atomic E-state index is 0.117. The van der Waals surface area contributed by atoms with E-state index < -0.39 is 27.6 Å². The van der Waals surface area contributed by atoms with Gasteiger partial charge >= 0.3 is 5.97 Å². The summed E-state index contributed by atoms with van der Waals surface area (Å²) in [6.07, 6.45) is 0.982. The molecule has 2 unspecified atom stereocenters. The highest BCUT2D eigenvalue weighted by Crippen LogP contribution is 2.40. The topological polar surface area (TPSA) is 97.5 Å². The highest BCUT2D eigenvalue weighted by Gasteiger charge is 2.41. The molecular formula is C13H17NO4S. The van der Waals surface area contributed by atoms with E-state index in [1.165, 1.54) is 0 Å². The second kappa shape index (κ2) is 5.30. The maximum absolute atomic E-state index is 12.0. The number of nitrogens with two attached hydrogens (primary N) is 1. The predicted octanol–water partition coefficient (Wildman–Crippen LogP) is 0.997. The van der Waals surface area contributed by atoms with Crippen LogP contribution in [0.4, 0.5) is 0 Å².